The van der Waals surface area contributed by atoms with Crippen LogP contribution in [0.15, 0.2) is 22.5 Å². The number of fused-ring (bicyclic) bond motifs is 1. The van der Waals surface area contributed by atoms with Gasteiger partial charge in [-0.1, -0.05) is 30.0 Å². The maximum absolute atomic E-state index is 12.4. The number of anilines is 2. The molecule has 0 saturated heterocycles. The highest BCUT2D eigenvalue weighted by atomic mass is 32.2. The summed E-state index contributed by atoms with van der Waals surface area (Å²) in [6.07, 6.45) is 1.02. The number of hydrogen-bond donors (Lipinski definition) is 2. The van der Waals surface area contributed by atoms with Crippen LogP contribution in [0.1, 0.15) is 20.3 Å². The van der Waals surface area contributed by atoms with Gasteiger partial charge in [0.15, 0.2) is 15.8 Å². The maximum Gasteiger partial charge on any atom is 0.237 e. The minimum Gasteiger partial charge on any atom is -0.486 e. The Morgan fingerprint density at radius 2 is 2.12 bits per heavy atom. The molecule has 3 rings (SSSR count). The van der Waals surface area contributed by atoms with E-state index in [2.05, 4.69) is 27.8 Å². The molecule has 1 unspecified atom stereocenters. The molecule has 1 amide bonds. The third-order valence-corrected chi connectivity index (χ3v) is 5.45. The zero-order valence-corrected chi connectivity index (χ0v) is 15.7. The average molecular weight is 380 g/mol. The predicted octanol–water partition coefficient (Wildman–Crippen LogP) is 3.25. The van der Waals surface area contributed by atoms with Gasteiger partial charge < -0.3 is 20.1 Å². The number of benzene rings is 1. The average Bonchev–Trinajstić information content (AvgIpc) is 3.07. The Morgan fingerprint density at radius 1 is 1.32 bits per heavy atom. The summed E-state index contributed by atoms with van der Waals surface area (Å²) >= 11 is 2.85. The molecule has 25 heavy (non-hydrogen) atoms. The number of amides is 1. The van der Waals surface area contributed by atoms with Crippen LogP contribution in [-0.4, -0.2) is 41.1 Å². The molecule has 0 fully saturated rings. The topological polar surface area (TPSA) is 85.4 Å². The molecular formula is C16H20N4O3S2. The molecule has 0 spiro atoms. The van der Waals surface area contributed by atoms with E-state index in [1.165, 1.54) is 23.1 Å². The molecule has 2 N–H and O–H groups in total. The number of nitrogens with zero attached hydrogens (tertiary/aromatic N) is 2. The largest absolute Gasteiger partial charge is 0.486 e. The van der Waals surface area contributed by atoms with Gasteiger partial charge in [-0.2, -0.15) is 0 Å². The van der Waals surface area contributed by atoms with Crippen molar-refractivity contribution >= 4 is 39.8 Å². The van der Waals surface area contributed by atoms with Gasteiger partial charge in [0, 0.05) is 18.3 Å². The molecule has 0 saturated carbocycles. The summed E-state index contributed by atoms with van der Waals surface area (Å²) in [7, 11) is 0. The van der Waals surface area contributed by atoms with E-state index in [4.69, 9.17) is 9.47 Å². The van der Waals surface area contributed by atoms with Crippen LogP contribution in [0, 0.1) is 0 Å². The van der Waals surface area contributed by atoms with Crippen molar-refractivity contribution in [1.29, 1.82) is 0 Å². The summed E-state index contributed by atoms with van der Waals surface area (Å²) in [6, 6.07) is 5.39. The Kier molecular flexibility index (Phi) is 5.98. The molecule has 0 aliphatic carbocycles. The molecule has 0 bridgehead atoms. The number of hydrogen-bond acceptors (Lipinski definition) is 8. The van der Waals surface area contributed by atoms with E-state index in [-0.39, 0.29) is 11.2 Å². The van der Waals surface area contributed by atoms with E-state index >= 15 is 0 Å². The lowest BCUT2D eigenvalue weighted by molar-refractivity contribution is -0.115. The van der Waals surface area contributed by atoms with Crippen LogP contribution in [0.5, 0.6) is 11.5 Å². The molecule has 7 nitrogen and oxygen atoms in total. The number of aromatic nitrogens is 2. The highest BCUT2D eigenvalue weighted by Gasteiger charge is 2.19. The Hall–Kier alpha value is -2.00. The first-order valence-electron chi connectivity index (χ1n) is 8.10. The second-order valence-corrected chi connectivity index (χ2v) is 7.97. The minimum absolute atomic E-state index is 0.0973. The van der Waals surface area contributed by atoms with Crippen LogP contribution in [0.25, 0.3) is 0 Å². The smallest absolute Gasteiger partial charge is 0.237 e. The van der Waals surface area contributed by atoms with Crippen molar-refractivity contribution in [3.8, 4) is 11.5 Å². The fourth-order valence-corrected chi connectivity index (χ4v) is 4.05. The minimum atomic E-state index is -0.292. The van der Waals surface area contributed by atoms with Gasteiger partial charge in [0.05, 0.1) is 5.25 Å². The molecule has 134 valence electrons. The van der Waals surface area contributed by atoms with E-state index in [0.717, 1.165) is 22.4 Å². The van der Waals surface area contributed by atoms with Crippen molar-refractivity contribution in [2.24, 2.45) is 0 Å². The predicted molar refractivity (Wildman–Crippen MR) is 100 cm³/mol. The summed E-state index contributed by atoms with van der Waals surface area (Å²) in [5.74, 6) is 1.26. The standard InChI is InChI=1S/C16H20N4O3S2/c1-3-6-17-15-19-20-16(25-15)24-10(2)14(21)18-11-4-5-12-13(9-11)23-8-7-22-12/h4-5,9-10H,3,6-8H2,1-2H3,(H,17,19)(H,18,21). The van der Waals surface area contributed by atoms with Crippen molar-refractivity contribution in [2.45, 2.75) is 29.9 Å². The van der Waals surface area contributed by atoms with E-state index in [9.17, 15) is 4.79 Å². The van der Waals surface area contributed by atoms with Crippen LogP contribution in [0.4, 0.5) is 10.8 Å². The quantitative estimate of drug-likeness (QED) is 0.713. The molecular weight excluding hydrogens is 360 g/mol. The summed E-state index contributed by atoms with van der Waals surface area (Å²) < 4.78 is 11.8. The molecule has 1 atom stereocenters. The first-order chi connectivity index (χ1) is 12.2. The lowest BCUT2D eigenvalue weighted by atomic mass is 10.2. The van der Waals surface area contributed by atoms with Crippen LogP contribution in [0.2, 0.25) is 0 Å². The van der Waals surface area contributed by atoms with Crippen LogP contribution < -0.4 is 20.1 Å². The lowest BCUT2D eigenvalue weighted by Gasteiger charge is -2.19. The molecule has 2 heterocycles. The monoisotopic (exact) mass is 380 g/mol. The van der Waals surface area contributed by atoms with Crippen LogP contribution in [-0.2, 0) is 4.79 Å². The van der Waals surface area contributed by atoms with Gasteiger partial charge in [-0.15, -0.1) is 10.2 Å². The fraction of sp³-hybridized carbons (Fsp3) is 0.438. The number of rotatable bonds is 7. The van der Waals surface area contributed by atoms with Crippen molar-refractivity contribution < 1.29 is 14.3 Å². The molecule has 2 aromatic rings. The highest BCUT2D eigenvalue weighted by molar-refractivity contribution is 8.02. The van der Waals surface area contributed by atoms with Crippen molar-refractivity contribution in [3.05, 3.63) is 18.2 Å². The summed E-state index contributed by atoms with van der Waals surface area (Å²) in [4.78, 5) is 12.4. The number of nitrogens with one attached hydrogen (secondary N) is 2. The number of ether oxygens (including phenoxy) is 2. The lowest BCUT2D eigenvalue weighted by Crippen LogP contribution is -2.22. The number of carbonyl (C=O) groups is 1. The van der Waals surface area contributed by atoms with E-state index in [1.54, 1.807) is 18.2 Å². The zero-order valence-electron chi connectivity index (χ0n) is 14.1. The second-order valence-electron chi connectivity index (χ2n) is 5.41. The molecule has 1 aromatic heterocycles. The molecule has 1 aromatic carbocycles. The fourth-order valence-electron chi connectivity index (χ4n) is 2.13. The molecule has 1 aliphatic heterocycles. The van der Waals surface area contributed by atoms with Gasteiger partial charge in [-0.25, -0.2) is 0 Å². The maximum atomic E-state index is 12.4. The van der Waals surface area contributed by atoms with Gasteiger partial charge in [0.2, 0.25) is 11.0 Å². The van der Waals surface area contributed by atoms with Crippen molar-refractivity contribution in [3.63, 3.8) is 0 Å². The van der Waals surface area contributed by atoms with Crippen molar-refractivity contribution in [1.82, 2.24) is 10.2 Å². The molecule has 1 aliphatic rings. The first-order valence-corrected chi connectivity index (χ1v) is 9.80. The first kappa shape index (κ1) is 17.8. The third kappa shape index (κ3) is 4.76. The summed E-state index contributed by atoms with van der Waals surface area (Å²) in [6.45, 7) is 5.86. The second kappa shape index (κ2) is 8.39. The van der Waals surface area contributed by atoms with Gasteiger partial charge in [0.25, 0.3) is 0 Å². The Labute approximate surface area is 154 Å². The Balaban J connectivity index is 1.56. The van der Waals surface area contributed by atoms with E-state index in [1.807, 2.05) is 6.92 Å². The van der Waals surface area contributed by atoms with E-state index in [0.29, 0.717) is 30.4 Å². The third-order valence-electron chi connectivity index (χ3n) is 3.39. The number of thioether (sulfide) groups is 1. The normalized spacial score (nSPS) is 14.0. The van der Waals surface area contributed by atoms with Gasteiger partial charge in [-0.3, -0.25) is 4.79 Å². The van der Waals surface area contributed by atoms with Gasteiger partial charge in [-0.05, 0) is 25.5 Å². The molecule has 9 heteroatoms. The van der Waals surface area contributed by atoms with Gasteiger partial charge >= 0.3 is 0 Å². The highest BCUT2D eigenvalue weighted by Crippen LogP contribution is 2.33. The summed E-state index contributed by atoms with van der Waals surface area (Å²) in [5, 5.41) is 14.8. The van der Waals surface area contributed by atoms with E-state index < -0.39 is 0 Å². The Bertz CT molecular complexity index is 738. The number of carbonyl (C=O) groups excluding carboxylic acids is 1. The van der Waals surface area contributed by atoms with Gasteiger partial charge in [0.1, 0.15) is 13.2 Å². The Morgan fingerprint density at radius 3 is 2.92 bits per heavy atom. The summed E-state index contributed by atoms with van der Waals surface area (Å²) in [5.41, 5.74) is 0.685. The van der Waals surface area contributed by atoms with Crippen LogP contribution in [0.3, 0.4) is 0 Å². The molecule has 0 radical (unpaired) electrons. The zero-order chi connectivity index (χ0) is 17.6. The SMILES string of the molecule is CCCNc1nnc(SC(C)C(=O)Nc2ccc3c(c2)OCCO3)s1. The van der Waals surface area contributed by atoms with Crippen molar-refractivity contribution in [2.75, 3.05) is 30.4 Å². The van der Waals surface area contributed by atoms with Crippen LogP contribution >= 0.6 is 23.1 Å².